The largest absolute Gasteiger partial charge is 0.381 e. The fourth-order valence-electron chi connectivity index (χ4n) is 1.90. The van der Waals surface area contributed by atoms with Crippen LogP contribution in [0.15, 0.2) is 16.8 Å². The van der Waals surface area contributed by atoms with E-state index in [1.807, 2.05) is 6.08 Å². The summed E-state index contributed by atoms with van der Waals surface area (Å²) in [6, 6.07) is 0. The molecular formula is C12H15N5O3. The summed E-state index contributed by atoms with van der Waals surface area (Å²) in [5, 5.41) is 13.9. The zero-order valence-corrected chi connectivity index (χ0v) is 10.9. The molecule has 0 radical (unpaired) electrons. The lowest BCUT2D eigenvalue weighted by atomic mass is 10.2. The lowest BCUT2D eigenvalue weighted by molar-refractivity contribution is -0.0221. The van der Waals surface area contributed by atoms with Crippen LogP contribution in [0.3, 0.4) is 0 Å². The van der Waals surface area contributed by atoms with Gasteiger partial charge in [0.1, 0.15) is 0 Å². The van der Waals surface area contributed by atoms with Crippen molar-refractivity contribution in [1.82, 2.24) is 25.6 Å². The van der Waals surface area contributed by atoms with Crippen LogP contribution in [0, 0.1) is 0 Å². The van der Waals surface area contributed by atoms with Crippen molar-refractivity contribution in [3.63, 3.8) is 0 Å². The second kappa shape index (κ2) is 6.40. The molecule has 0 atom stereocenters. The minimum Gasteiger partial charge on any atom is -0.381 e. The van der Waals surface area contributed by atoms with Crippen LogP contribution in [0.4, 0.5) is 0 Å². The van der Waals surface area contributed by atoms with E-state index in [0.29, 0.717) is 24.0 Å². The number of aromatic nitrogens is 5. The van der Waals surface area contributed by atoms with Gasteiger partial charge in [-0.3, -0.25) is 0 Å². The SMILES string of the molecule is C(=C\c1nc(-c2cn[nH]n2)no1)/COC1CCOCC1. The summed E-state index contributed by atoms with van der Waals surface area (Å²) < 4.78 is 16.0. The van der Waals surface area contributed by atoms with Gasteiger partial charge in [0.15, 0.2) is 5.69 Å². The second-order valence-electron chi connectivity index (χ2n) is 4.36. The molecule has 1 aliphatic heterocycles. The Hall–Kier alpha value is -2.06. The average molecular weight is 277 g/mol. The van der Waals surface area contributed by atoms with Crippen molar-refractivity contribution in [2.75, 3.05) is 19.8 Å². The highest BCUT2D eigenvalue weighted by Crippen LogP contribution is 2.12. The Balaban J connectivity index is 1.49. The Morgan fingerprint density at radius 2 is 2.30 bits per heavy atom. The van der Waals surface area contributed by atoms with E-state index in [1.54, 1.807) is 6.08 Å². The predicted octanol–water partition coefficient (Wildman–Crippen LogP) is 1.06. The number of hydrogen-bond acceptors (Lipinski definition) is 7. The fourth-order valence-corrected chi connectivity index (χ4v) is 1.90. The van der Waals surface area contributed by atoms with Gasteiger partial charge in [-0.1, -0.05) is 11.2 Å². The molecule has 2 aromatic rings. The molecule has 1 saturated heterocycles. The van der Waals surface area contributed by atoms with Gasteiger partial charge in [0.25, 0.3) is 5.89 Å². The third kappa shape index (κ3) is 3.28. The zero-order chi connectivity index (χ0) is 13.6. The Bertz CT molecular complexity index is 545. The van der Waals surface area contributed by atoms with Crippen molar-refractivity contribution in [1.29, 1.82) is 0 Å². The van der Waals surface area contributed by atoms with Gasteiger partial charge < -0.3 is 14.0 Å². The molecule has 8 heteroatoms. The van der Waals surface area contributed by atoms with Crippen LogP contribution in [-0.2, 0) is 9.47 Å². The number of aromatic amines is 1. The molecule has 2 aromatic heterocycles. The number of H-pyrrole nitrogens is 1. The summed E-state index contributed by atoms with van der Waals surface area (Å²) in [5.41, 5.74) is 0.548. The van der Waals surface area contributed by atoms with Crippen molar-refractivity contribution in [3.8, 4) is 11.5 Å². The van der Waals surface area contributed by atoms with Gasteiger partial charge in [-0.15, -0.1) is 0 Å². The lowest BCUT2D eigenvalue weighted by Crippen LogP contribution is -2.23. The van der Waals surface area contributed by atoms with E-state index in [-0.39, 0.29) is 6.10 Å². The van der Waals surface area contributed by atoms with Crippen LogP contribution in [0.1, 0.15) is 18.7 Å². The minimum atomic E-state index is 0.279. The summed E-state index contributed by atoms with van der Waals surface area (Å²) in [4.78, 5) is 4.17. The first kappa shape index (κ1) is 12.9. The predicted molar refractivity (Wildman–Crippen MR) is 68.5 cm³/mol. The molecule has 106 valence electrons. The summed E-state index contributed by atoms with van der Waals surface area (Å²) in [7, 11) is 0. The van der Waals surface area contributed by atoms with Crippen LogP contribution in [-0.4, -0.2) is 51.5 Å². The molecule has 0 bridgehead atoms. The fraction of sp³-hybridized carbons (Fsp3) is 0.500. The first-order chi connectivity index (χ1) is 9.92. The maximum Gasteiger partial charge on any atom is 0.250 e. The Morgan fingerprint density at radius 3 is 3.10 bits per heavy atom. The third-order valence-corrected chi connectivity index (χ3v) is 2.94. The standard InChI is InChI=1S/C12H15N5O3/c1(5-19-9-3-6-18-7-4-9)2-11-14-12(16-20-11)10-8-13-17-15-10/h1-2,8-9H,3-7H2,(H,13,15,17)/b2-1+. The molecule has 0 spiro atoms. The smallest absolute Gasteiger partial charge is 0.250 e. The maximum absolute atomic E-state index is 5.70. The number of rotatable bonds is 5. The molecule has 0 unspecified atom stereocenters. The molecule has 3 heterocycles. The van der Waals surface area contributed by atoms with Crippen molar-refractivity contribution in [3.05, 3.63) is 18.2 Å². The van der Waals surface area contributed by atoms with Gasteiger partial charge in [0.05, 0.1) is 18.9 Å². The van der Waals surface area contributed by atoms with Gasteiger partial charge in [0, 0.05) is 19.3 Å². The molecule has 0 amide bonds. The van der Waals surface area contributed by atoms with E-state index in [4.69, 9.17) is 14.0 Å². The van der Waals surface area contributed by atoms with Crippen molar-refractivity contribution in [2.45, 2.75) is 18.9 Å². The normalized spacial score (nSPS) is 17.0. The van der Waals surface area contributed by atoms with E-state index in [1.165, 1.54) is 6.20 Å². The summed E-state index contributed by atoms with van der Waals surface area (Å²) in [6.07, 6.45) is 7.30. The molecule has 3 rings (SSSR count). The minimum absolute atomic E-state index is 0.279. The van der Waals surface area contributed by atoms with Crippen molar-refractivity contribution >= 4 is 6.08 Å². The molecule has 20 heavy (non-hydrogen) atoms. The Kier molecular flexibility index (Phi) is 4.14. The van der Waals surface area contributed by atoms with Crippen LogP contribution in [0.2, 0.25) is 0 Å². The average Bonchev–Trinajstić information content (AvgIpc) is 3.15. The number of ether oxygens (including phenoxy) is 2. The first-order valence-electron chi connectivity index (χ1n) is 6.47. The zero-order valence-electron chi connectivity index (χ0n) is 10.9. The van der Waals surface area contributed by atoms with Gasteiger partial charge >= 0.3 is 0 Å². The van der Waals surface area contributed by atoms with E-state index < -0.39 is 0 Å². The Morgan fingerprint density at radius 1 is 1.40 bits per heavy atom. The molecule has 1 fully saturated rings. The number of hydrogen-bond donors (Lipinski definition) is 1. The third-order valence-electron chi connectivity index (χ3n) is 2.94. The Labute approximate surface area is 115 Å². The molecule has 0 aromatic carbocycles. The molecular weight excluding hydrogens is 262 g/mol. The van der Waals surface area contributed by atoms with Crippen LogP contribution >= 0.6 is 0 Å². The highest BCUT2D eigenvalue weighted by Gasteiger charge is 2.13. The summed E-state index contributed by atoms with van der Waals surface area (Å²) >= 11 is 0. The van der Waals surface area contributed by atoms with Crippen LogP contribution in [0.25, 0.3) is 17.6 Å². The van der Waals surface area contributed by atoms with E-state index in [2.05, 4.69) is 25.6 Å². The van der Waals surface area contributed by atoms with E-state index >= 15 is 0 Å². The lowest BCUT2D eigenvalue weighted by Gasteiger charge is -2.21. The molecule has 0 saturated carbocycles. The highest BCUT2D eigenvalue weighted by atomic mass is 16.5. The quantitative estimate of drug-likeness (QED) is 0.872. The highest BCUT2D eigenvalue weighted by molar-refractivity contribution is 5.48. The molecule has 0 aliphatic carbocycles. The number of nitrogens with one attached hydrogen (secondary N) is 1. The van der Waals surface area contributed by atoms with Gasteiger partial charge in [-0.2, -0.15) is 20.4 Å². The molecule has 1 N–H and O–H groups in total. The second-order valence-corrected chi connectivity index (χ2v) is 4.36. The van der Waals surface area contributed by atoms with E-state index in [9.17, 15) is 0 Å². The molecule has 8 nitrogen and oxygen atoms in total. The van der Waals surface area contributed by atoms with Crippen molar-refractivity contribution in [2.24, 2.45) is 0 Å². The van der Waals surface area contributed by atoms with Crippen molar-refractivity contribution < 1.29 is 14.0 Å². The van der Waals surface area contributed by atoms with Gasteiger partial charge in [-0.25, -0.2) is 0 Å². The van der Waals surface area contributed by atoms with E-state index in [0.717, 1.165) is 26.1 Å². The van der Waals surface area contributed by atoms with Gasteiger partial charge in [-0.05, 0) is 12.8 Å². The maximum atomic E-state index is 5.70. The topological polar surface area (TPSA) is 99.0 Å². The van der Waals surface area contributed by atoms with Crippen LogP contribution < -0.4 is 0 Å². The summed E-state index contributed by atoms with van der Waals surface area (Å²) in [6.45, 7) is 2.07. The monoisotopic (exact) mass is 277 g/mol. The molecule has 1 aliphatic rings. The van der Waals surface area contributed by atoms with Crippen LogP contribution in [0.5, 0.6) is 0 Å². The first-order valence-corrected chi connectivity index (χ1v) is 6.47. The van der Waals surface area contributed by atoms with Gasteiger partial charge in [0.2, 0.25) is 5.82 Å². The summed E-state index contributed by atoms with van der Waals surface area (Å²) in [5.74, 6) is 0.822. The number of nitrogens with zero attached hydrogens (tertiary/aromatic N) is 4.